The Morgan fingerprint density at radius 3 is 2.88 bits per heavy atom. The van der Waals surface area contributed by atoms with E-state index in [1.54, 1.807) is 0 Å². The average Bonchev–Trinajstić information content (AvgIpc) is 3.17. The van der Waals surface area contributed by atoms with Gasteiger partial charge in [0, 0.05) is 18.5 Å². The second-order valence-electron chi connectivity index (χ2n) is 7.39. The minimum absolute atomic E-state index is 0.327. The molecule has 0 spiro atoms. The number of likely N-dealkylation sites (tertiary alicyclic amines) is 1. The van der Waals surface area contributed by atoms with Gasteiger partial charge in [0.1, 0.15) is 5.75 Å². The van der Waals surface area contributed by atoms with E-state index in [1.807, 2.05) is 6.07 Å². The van der Waals surface area contributed by atoms with Crippen molar-refractivity contribution < 1.29 is 9.53 Å². The van der Waals surface area contributed by atoms with Gasteiger partial charge in [-0.1, -0.05) is 45.6 Å². The fraction of sp³-hybridized carbons (Fsp3) is 0.667. The number of amides is 1. The summed E-state index contributed by atoms with van der Waals surface area (Å²) in [5, 5.41) is 2.87. The number of hydrogen-bond donors (Lipinski definition) is 1. The van der Waals surface area contributed by atoms with Crippen molar-refractivity contribution in [1.82, 2.24) is 10.2 Å². The van der Waals surface area contributed by atoms with Crippen molar-refractivity contribution in [3.05, 3.63) is 29.3 Å². The van der Waals surface area contributed by atoms with Gasteiger partial charge in [-0.25, -0.2) is 4.79 Å². The van der Waals surface area contributed by atoms with E-state index in [4.69, 9.17) is 4.74 Å². The summed E-state index contributed by atoms with van der Waals surface area (Å²) < 4.78 is 5.51. The van der Waals surface area contributed by atoms with Gasteiger partial charge in [0.2, 0.25) is 0 Å². The highest BCUT2D eigenvalue weighted by molar-refractivity contribution is 5.70. The maximum Gasteiger partial charge on any atom is 0.412 e. The number of hydrogen-bond acceptors (Lipinski definition) is 3. The van der Waals surface area contributed by atoms with Crippen LogP contribution in [-0.4, -0.2) is 36.7 Å². The van der Waals surface area contributed by atoms with Crippen LogP contribution in [0.5, 0.6) is 5.75 Å². The van der Waals surface area contributed by atoms with Crippen LogP contribution in [0.25, 0.3) is 0 Å². The molecule has 0 bridgehead atoms. The summed E-state index contributed by atoms with van der Waals surface area (Å²) in [6.45, 7) is 7.46. The molecule has 138 valence electrons. The maximum atomic E-state index is 12.0. The molecular weight excluding hydrogens is 312 g/mol. The fourth-order valence-corrected chi connectivity index (χ4v) is 4.40. The lowest BCUT2D eigenvalue weighted by molar-refractivity contribution is 0.200. The van der Waals surface area contributed by atoms with E-state index in [9.17, 15) is 4.79 Å². The number of rotatable bonds is 8. The number of likely N-dealkylation sites (N-methyl/N-ethyl adjacent to an activating group) is 1. The van der Waals surface area contributed by atoms with Gasteiger partial charge < -0.3 is 10.1 Å². The molecular formula is C21H32N2O2. The number of nitrogens with zero attached hydrogens (tertiary/aromatic N) is 1. The summed E-state index contributed by atoms with van der Waals surface area (Å²) in [6.07, 6.45) is 7.99. The molecule has 0 aromatic heterocycles. The minimum Gasteiger partial charge on any atom is -0.410 e. The molecule has 0 unspecified atom stereocenters. The number of unbranched alkanes of at least 4 members (excludes halogenated alkanes) is 4. The first-order valence-electron chi connectivity index (χ1n) is 10.1. The van der Waals surface area contributed by atoms with E-state index in [0.717, 1.165) is 19.4 Å². The molecule has 3 rings (SSSR count). The van der Waals surface area contributed by atoms with Crippen molar-refractivity contribution in [2.75, 3.05) is 19.6 Å². The van der Waals surface area contributed by atoms with E-state index >= 15 is 0 Å². The molecule has 1 fully saturated rings. The predicted octanol–water partition coefficient (Wildman–Crippen LogP) is 4.48. The number of nitrogens with one attached hydrogen (secondary N) is 1. The van der Waals surface area contributed by atoms with Crippen molar-refractivity contribution in [2.24, 2.45) is 0 Å². The third-order valence-electron chi connectivity index (χ3n) is 5.77. The molecule has 0 radical (unpaired) electrons. The quantitative estimate of drug-likeness (QED) is 0.707. The van der Waals surface area contributed by atoms with Gasteiger partial charge in [-0.2, -0.15) is 0 Å². The topological polar surface area (TPSA) is 41.6 Å². The van der Waals surface area contributed by atoms with Crippen molar-refractivity contribution >= 4 is 6.09 Å². The van der Waals surface area contributed by atoms with Crippen LogP contribution in [-0.2, 0) is 6.42 Å². The standard InChI is InChI=1S/C21H32N2O2/c1-3-5-6-7-8-12-22-21(24)25-17-10-9-16-14-20-18(19(16)15-17)11-13-23(20)4-2/h9-10,15,18,20H,3-8,11-14H2,1-2H3,(H,22,24)/t18-,20+/m0/s1. The van der Waals surface area contributed by atoms with Gasteiger partial charge in [-0.05, 0) is 55.6 Å². The van der Waals surface area contributed by atoms with Crippen LogP contribution in [0, 0.1) is 0 Å². The fourth-order valence-electron chi connectivity index (χ4n) is 4.40. The molecule has 1 amide bonds. The van der Waals surface area contributed by atoms with Crippen molar-refractivity contribution in [1.29, 1.82) is 0 Å². The highest BCUT2D eigenvalue weighted by Gasteiger charge is 2.40. The number of fused-ring (bicyclic) bond motifs is 3. The highest BCUT2D eigenvalue weighted by Crippen LogP contribution is 2.44. The van der Waals surface area contributed by atoms with Crippen LogP contribution in [0.15, 0.2) is 18.2 Å². The van der Waals surface area contributed by atoms with E-state index < -0.39 is 0 Å². The molecule has 1 saturated heterocycles. The normalized spacial score (nSPS) is 21.8. The Hall–Kier alpha value is -1.55. The predicted molar refractivity (Wildman–Crippen MR) is 101 cm³/mol. The van der Waals surface area contributed by atoms with Crippen LogP contribution >= 0.6 is 0 Å². The Morgan fingerprint density at radius 2 is 2.08 bits per heavy atom. The molecule has 25 heavy (non-hydrogen) atoms. The Morgan fingerprint density at radius 1 is 1.24 bits per heavy atom. The van der Waals surface area contributed by atoms with Crippen LogP contribution in [0.4, 0.5) is 4.79 Å². The summed E-state index contributed by atoms with van der Waals surface area (Å²) in [4.78, 5) is 14.6. The van der Waals surface area contributed by atoms with E-state index in [0.29, 0.717) is 24.3 Å². The van der Waals surface area contributed by atoms with Gasteiger partial charge in [-0.15, -0.1) is 0 Å². The molecule has 1 aliphatic carbocycles. The third-order valence-corrected chi connectivity index (χ3v) is 5.77. The molecule has 0 saturated carbocycles. The zero-order valence-corrected chi connectivity index (χ0v) is 15.7. The van der Waals surface area contributed by atoms with Gasteiger partial charge in [-0.3, -0.25) is 4.90 Å². The van der Waals surface area contributed by atoms with E-state index in [-0.39, 0.29) is 6.09 Å². The summed E-state index contributed by atoms with van der Waals surface area (Å²) in [7, 11) is 0. The Balaban J connectivity index is 1.49. The summed E-state index contributed by atoms with van der Waals surface area (Å²) >= 11 is 0. The summed E-state index contributed by atoms with van der Waals surface area (Å²) in [5.74, 6) is 1.29. The first-order chi connectivity index (χ1) is 12.2. The van der Waals surface area contributed by atoms with Gasteiger partial charge >= 0.3 is 6.09 Å². The first-order valence-corrected chi connectivity index (χ1v) is 10.1. The van der Waals surface area contributed by atoms with Crippen LogP contribution in [0.1, 0.15) is 69.4 Å². The zero-order valence-electron chi connectivity index (χ0n) is 15.7. The van der Waals surface area contributed by atoms with Gasteiger partial charge in [0.05, 0.1) is 0 Å². The Kier molecular flexibility index (Phi) is 6.35. The second-order valence-corrected chi connectivity index (χ2v) is 7.39. The molecule has 1 aromatic rings. The molecule has 1 N–H and O–H groups in total. The smallest absolute Gasteiger partial charge is 0.410 e. The third kappa shape index (κ3) is 4.35. The summed E-state index contributed by atoms with van der Waals surface area (Å²) in [6, 6.07) is 6.83. The SMILES string of the molecule is CCCCCCCNC(=O)Oc1ccc2c(c1)[C@@H]1CCN(CC)[C@@H]1C2. The minimum atomic E-state index is -0.327. The lowest BCUT2D eigenvalue weighted by Crippen LogP contribution is -2.30. The number of carbonyl (C=O) groups is 1. The molecule has 2 aliphatic rings. The number of benzene rings is 1. The molecule has 1 heterocycles. The number of carbonyl (C=O) groups excluding carboxylic acids is 1. The molecule has 4 nitrogen and oxygen atoms in total. The first kappa shape index (κ1) is 18.2. The average molecular weight is 344 g/mol. The molecule has 1 aromatic carbocycles. The zero-order chi connectivity index (χ0) is 17.6. The van der Waals surface area contributed by atoms with E-state index in [2.05, 4.69) is 36.2 Å². The molecule has 2 atom stereocenters. The van der Waals surface area contributed by atoms with Crippen LogP contribution < -0.4 is 10.1 Å². The lowest BCUT2D eigenvalue weighted by Gasteiger charge is -2.21. The Bertz CT molecular complexity index is 587. The summed E-state index contributed by atoms with van der Waals surface area (Å²) in [5.41, 5.74) is 2.82. The van der Waals surface area contributed by atoms with E-state index in [1.165, 1.54) is 49.8 Å². The lowest BCUT2D eigenvalue weighted by atomic mass is 9.98. The van der Waals surface area contributed by atoms with Crippen LogP contribution in [0.3, 0.4) is 0 Å². The Labute approximate surface area is 151 Å². The monoisotopic (exact) mass is 344 g/mol. The van der Waals surface area contributed by atoms with Crippen molar-refractivity contribution in [3.8, 4) is 5.75 Å². The van der Waals surface area contributed by atoms with Crippen molar-refractivity contribution in [3.63, 3.8) is 0 Å². The van der Waals surface area contributed by atoms with Crippen molar-refractivity contribution in [2.45, 2.75) is 70.8 Å². The molecule has 4 heteroatoms. The maximum absolute atomic E-state index is 12.0. The second kappa shape index (κ2) is 8.70. The van der Waals surface area contributed by atoms with Crippen LogP contribution in [0.2, 0.25) is 0 Å². The number of ether oxygens (including phenoxy) is 1. The molecule has 1 aliphatic heterocycles. The highest BCUT2D eigenvalue weighted by atomic mass is 16.6. The van der Waals surface area contributed by atoms with Gasteiger partial charge in [0.25, 0.3) is 0 Å². The largest absolute Gasteiger partial charge is 0.412 e. The van der Waals surface area contributed by atoms with Gasteiger partial charge in [0.15, 0.2) is 0 Å².